The third-order valence-corrected chi connectivity index (χ3v) is 5.89. The molecule has 2 atom stereocenters. The van der Waals surface area contributed by atoms with E-state index in [2.05, 4.69) is 25.2 Å². The smallest absolute Gasteiger partial charge is 0.261 e. The SMILES string of the molecule is CCC(CCO)CNC(=O)c1cc2c(s1)CCC(CC)C2. The second-order valence-electron chi connectivity index (χ2n) is 6.07. The quantitative estimate of drug-likeness (QED) is 0.811. The fourth-order valence-electron chi connectivity index (χ4n) is 3.02. The third kappa shape index (κ3) is 4.30. The average Bonchev–Trinajstić information content (AvgIpc) is 2.93. The van der Waals surface area contributed by atoms with Crippen LogP contribution in [-0.2, 0) is 12.8 Å². The van der Waals surface area contributed by atoms with Gasteiger partial charge in [0.15, 0.2) is 0 Å². The number of thiophene rings is 1. The van der Waals surface area contributed by atoms with Gasteiger partial charge in [0.05, 0.1) is 4.88 Å². The number of aliphatic hydroxyl groups excluding tert-OH is 1. The minimum atomic E-state index is 0.0545. The van der Waals surface area contributed by atoms with E-state index in [0.717, 1.165) is 36.5 Å². The Morgan fingerprint density at radius 2 is 2.33 bits per heavy atom. The Kier molecular flexibility index (Phi) is 6.24. The van der Waals surface area contributed by atoms with Crippen LogP contribution < -0.4 is 5.32 Å². The highest BCUT2D eigenvalue weighted by atomic mass is 32.1. The molecule has 0 bridgehead atoms. The first-order chi connectivity index (χ1) is 10.2. The number of fused-ring (bicyclic) bond motifs is 1. The summed E-state index contributed by atoms with van der Waals surface area (Å²) in [6, 6.07) is 2.10. The Hall–Kier alpha value is -0.870. The molecular weight excluding hydrogens is 282 g/mol. The molecule has 21 heavy (non-hydrogen) atoms. The standard InChI is InChI=1S/C17H27NO2S/c1-3-12-5-6-15-14(9-12)10-16(21-15)17(20)18-11-13(4-2)7-8-19/h10,12-13,19H,3-9,11H2,1-2H3,(H,18,20). The maximum Gasteiger partial charge on any atom is 0.261 e. The molecule has 1 heterocycles. The van der Waals surface area contributed by atoms with Crippen molar-refractivity contribution in [3.63, 3.8) is 0 Å². The van der Waals surface area contributed by atoms with E-state index >= 15 is 0 Å². The van der Waals surface area contributed by atoms with E-state index in [1.54, 1.807) is 11.3 Å². The van der Waals surface area contributed by atoms with Crippen LogP contribution in [0.25, 0.3) is 0 Å². The van der Waals surface area contributed by atoms with Crippen LogP contribution in [0.5, 0.6) is 0 Å². The molecule has 0 saturated carbocycles. The summed E-state index contributed by atoms with van der Waals surface area (Å²) >= 11 is 1.67. The Morgan fingerprint density at radius 3 is 3.00 bits per heavy atom. The van der Waals surface area contributed by atoms with E-state index in [9.17, 15) is 4.79 Å². The van der Waals surface area contributed by atoms with Crippen molar-refractivity contribution in [3.8, 4) is 0 Å². The number of aliphatic hydroxyl groups is 1. The van der Waals surface area contributed by atoms with Gasteiger partial charge in [-0.2, -0.15) is 0 Å². The first-order valence-corrected chi connectivity index (χ1v) is 9.00. The normalized spacial score (nSPS) is 19.1. The van der Waals surface area contributed by atoms with E-state index in [1.807, 2.05) is 0 Å². The van der Waals surface area contributed by atoms with Gasteiger partial charge < -0.3 is 10.4 Å². The predicted octanol–water partition coefficient (Wildman–Crippen LogP) is 3.40. The molecule has 1 aromatic rings. The van der Waals surface area contributed by atoms with Gasteiger partial charge in [0.1, 0.15) is 0 Å². The lowest BCUT2D eigenvalue weighted by atomic mass is 9.87. The molecule has 2 N–H and O–H groups in total. The van der Waals surface area contributed by atoms with Crippen molar-refractivity contribution < 1.29 is 9.90 Å². The molecule has 1 amide bonds. The minimum absolute atomic E-state index is 0.0545. The molecule has 1 aliphatic carbocycles. The maximum absolute atomic E-state index is 12.3. The van der Waals surface area contributed by atoms with Crippen molar-refractivity contribution in [2.75, 3.05) is 13.2 Å². The van der Waals surface area contributed by atoms with E-state index < -0.39 is 0 Å². The number of nitrogens with one attached hydrogen (secondary N) is 1. The van der Waals surface area contributed by atoms with Crippen LogP contribution in [0.3, 0.4) is 0 Å². The van der Waals surface area contributed by atoms with Crippen LogP contribution in [0, 0.1) is 11.8 Å². The summed E-state index contributed by atoms with van der Waals surface area (Å²) in [5.41, 5.74) is 1.39. The highest BCUT2D eigenvalue weighted by Gasteiger charge is 2.22. The highest BCUT2D eigenvalue weighted by molar-refractivity contribution is 7.14. The van der Waals surface area contributed by atoms with Crippen molar-refractivity contribution in [3.05, 3.63) is 21.4 Å². The van der Waals surface area contributed by atoms with Crippen LogP contribution in [0.1, 0.15) is 59.6 Å². The molecule has 2 unspecified atom stereocenters. The molecule has 0 aromatic carbocycles. The van der Waals surface area contributed by atoms with Gasteiger partial charge in [0, 0.05) is 18.0 Å². The summed E-state index contributed by atoms with van der Waals surface area (Å²) in [5, 5.41) is 12.0. The monoisotopic (exact) mass is 309 g/mol. The second-order valence-corrected chi connectivity index (χ2v) is 7.21. The highest BCUT2D eigenvalue weighted by Crippen LogP contribution is 2.33. The van der Waals surface area contributed by atoms with E-state index in [0.29, 0.717) is 12.5 Å². The topological polar surface area (TPSA) is 49.3 Å². The van der Waals surface area contributed by atoms with Crippen LogP contribution >= 0.6 is 11.3 Å². The summed E-state index contributed by atoms with van der Waals surface area (Å²) < 4.78 is 0. The predicted molar refractivity (Wildman–Crippen MR) is 87.9 cm³/mol. The number of carbonyl (C=O) groups is 1. The molecule has 0 fully saturated rings. The van der Waals surface area contributed by atoms with Gasteiger partial charge in [0.2, 0.25) is 0 Å². The maximum atomic E-state index is 12.3. The number of hydrogen-bond donors (Lipinski definition) is 2. The van der Waals surface area contributed by atoms with Gasteiger partial charge in [-0.15, -0.1) is 11.3 Å². The van der Waals surface area contributed by atoms with Gasteiger partial charge in [-0.1, -0.05) is 26.7 Å². The summed E-state index contributed by atoms with van der Waals surface area (Å²) in [5.74, 6) is 1.22. The first kappa shape index (κ1) is 16.5. The third-order valence-electron chi connectivity index (χ3n) is 4.65. The van der Waals surface area contributed by atoms with Gasteiger partial charge in [-0.3, -0.25) is 4.79 Å². The van der Waals surface area contributed by atoms with E-state index in [1.165, 1.54) is 23.3 Å². The summed E-state index contributed by atoms with van der Waals surface area (Å²) in [4.78, 5) is 14.5. The Bertz CT molecular complexity index is 469. The lowest BCUT2D eigenvalue weighted by molar-refractivity contribution is 0.0947. The Labute approximate surface area is 131 Å². The molecule has 0 spiro atoms. The van der Waals surface area contributed by atoms with Crippen LogP contribution in [0.15, 0.2) is 6.07 Å². The van der Waals surface area contributed by atoms with Crippen molar-refractivity contribution >= 4 is 17.2 Å². The number of amides is 1. The number of hydrogen-bond acceptors (Lipinski definition) is 3. The molecule has 0 saturated heterocycles. The van der Waals surface area contributed by atoms with E-state index in [-0.39, 0.29) is 12.5 Å². The van der Waals surface area contributed by atoms with Crippen molar-refractivity contribution in [1.82, 2.24) is 5.32 Å². The fourth-order valence-corrected chi connectivity index (χ4v) is 4.14. The zero-order valence-electron chi connectivity index (χ0n) is 13.2. The summed E-state index contributed by atoms with van der Waals surface area (Å²) in [6.07, 6.45) is 6.51. The zero-order valence-corrected chi connectivity index (χ0v) is 14.0. The second kappa shape index (κ2) is 7.95. The molecule has 4 heteroatoms. The van der Waals surface area contributed by atoms with Gasteiger partial charge in [-0.25, -0.2) is 0 Å². The number of rotatable bonds is 7. The molecule has 0 aliphatic heterocycles. The lowest BCUT2D eigenvalue weighted by Gasteiger charge is -2.19. The molecule has 0 radical (unpaired) electrons. The molecular formula is C17H27NO2S. The fraction of sp³-hybridized carbons (Fsp3) is 0.706. The van der Waals surface area contributed by atoms with Gasteiger partial charge >= 0.3 is 0 Å². The molecule has 2 rings (SSSR count). The lowest BCUT2D eigenvalue weighted by Crippen LogP contribution is -2.29. The zero-order chi connectivity index (χ0) is 15.2. The Balaban J connectivity index is 1.93. The largest absolute Gasteiger partial charge is 0.396 e. The van der Waals surface area contributed by atoms with Gasteiger partial charge in [0.25, 0.3) is 5.91 Å². The molecule has 3 nitrogen and oxygen atoms in total. The number of aryl methyl sites for hydroxylation is 1. The van der Waals surface area contributed by atoms with Crippen LogP contribution in [0.2, 0.25) is 0 Å². The molecule has 1 aromatic heterocycles. The summed E-state index contributed by atoms with van der Waals surface area (Å²) in [7, 11) is 0. The van der Waals surface area contributed by atoms with Crippen molar-refractivity contribution in [2.45, 2.75) is 52.4 Å². The minimum Gasteiger partial charge on any atom is -0.396 e. The van der Waals surface area contributed by atoms with Crippen molar-refractivity contribution in [1.29, 1.82) is 0 Å². The van der Waals surface area contributed by atoms with Crippen molar-refractivity contribution in [2.24, 2.45) is 11.8 Å². The average molecular weight is 309 g/mol. The van der Waals surface area contributed by atoms with Crippen LogP contribution in [-0.4, -0.2) is 24.2 Å². The summed E-state index contributed by atoms with van der Waals surface area (Å²) in [6.45, 7) is 5.21. The molecule has 118 valence electrons. The van der Waals surface area contributed by atoms with Gasteiger partial charge in [-0.05, 0) is 49.1 Å². The Morgan fingerprint density at radius 1 is 1.52 bits per heavy atom. The van der Waals surface area contributed by atoms with Crippen LogP contribution in [0.4, 0.5) is 0 Å². The molecule has 1 aliphatic rings. The van der Waals surface area contributed by atoms with E-state index in [4.69, 9.17) is 5.11 Å². The number of carbonyl (C=O) groups excluding carboxylic acids is 1. The first-order valence-electron chi connectivity index (χ1n) is 8.18.